The molecule has 1 N–H and O–H groups in total. The standard InChI is InChI=1S/C17H23NO2/c1-13-12-18(15-8-4-3-7-14(13)15)16(19)11-17(20)9-5-2-6-10-17/h3-4,7-8,13,20H,2,5-6,9-12H2,1H3. The molecule has 1 saturated carbocycles. The summed E-state index contributed by atoms with van der Waals surface area (Å²) < 4.78 is 0. The van der Waals surface area contributed by atoms with Crippen LogP contribution in [0.2, 0.25) is 0 Å². The molecule has 1 aliphatic heterocycles. The van der Waals surface area contributed by atoms with E-state index in [0.29, 0.717) is 5.92 Å². The highest BCUT2D eigenvalue weighted by molar-refractivity contribution is 5.96. The molecule has 2 aliphatic rings. The Bertz CT molecular complexity index is 505. The van der Waals surface area contributed by atoms with Gasteiger partial charge in [-0.25, -0.2) is 0 Å². The molecular weight excluding hydrogens is 250 g/mol. The first-order valence-corrected chi connectivity index (χ1v) is 7.71. The maximum atomic E-state index is 12.6. The summed E-state index contributed by atoms with van der Waals surface area (Å²) in [5.41, 5.74) is 1.51. The number of para-hydroxylation sites is 1. The summed E-state index contributed by atoms with van der Waals surface area (Å²) in [6.45, 7) is 2.90. The first-order valence-electron chi connectivity index (χ1n) is 7.71. The maximum Gasteiger partial charge on any atom is 0.229 e. The van der Waals surface area contributed by atoms with Crippen molar-refractivity contribution < 1.29 is 9.90 Å². The van der Waals surface area contributed by atoms with Crippen LogP contribution in [-0.2, 0) is 4.79 Å². The van der Waals surface area contributed by atoms with Crippen LogP contribution >= 0.6 is 0 Å². The van der Waals surface area contributed by atoms with Crippen molar-refractivity contribution in [3.05, 3.63) is 29.8 Å². The minimum atomic E-state index is -0.768. The Morgan fingerprint density at radius 2 is 2.00 bits per heavy atom. The van der Waals surface area contributed by atoms with Crippen molar-refractivity contribution in [3.8, 4) is 0 Å². The number of amides is 1. The SMILES string of the molecule is CC1CN(C(=O)CC2(O)CCCCC2)c2ccccc21. The number of fused-ring (bicyclic) bond motifs is 1. The molecule has 1 aromatic carbocycles. The highest BCUT2D eigenvalue weighted by Gasteiger charge is 2.36. The Balaban J connectivity index is 1.75. The molecule has 1 fully saturated rings. The average Bonchev–Trinajstić information content (AvgIpc) is 2.77. The Morgan fingerprint density at radius 1 is 1.30 bits per heavy atom. The van der Waals surface area contributed by atoms with Gasteiger partial charge in [0.15, 0.2) is 0 Å². The van der Waals surface area contributed by atoms with E-state index >= 15 is 0 Å². The van der Waals surface area contributed by atoms with Gasteiger partial charge in [-0.2, -0.15) is 0 Å². The smallest absolute Gasteiger partial charge is 0.229 e. The third kappa shape index (κ3) is 2.47. The maximum absolute atomic E-state index is 12.6. The number of anilines is 1. The number of hydrogen-bond donors (Lipinski definition) is 1. The van der Waals surface area contributed by atoms with Crippen LogP contribution in [0.5, 0.6) is 0 Å². The zero-order chi connectivity index (χ0) is 14.2. The van der Waals surface area contributed by atoms with Crippen molar-refractivity contribution in [1.82, 2.24) is 0 Å². The van der Waals surface area contributed by atoms with Gasteiger partial charge in [0.05, 0.1) is 12.0 Å². The summed E-state index contributed by atoms with van der Waals surface area (Å²) in [6, 6.07) is 8.12. The third-order valence-electron chi connectivity index (χ3n) is 4.78. The van der Waals surface area contributed by atoms with E-state index in [9.17, 15) is 9.90 Å². The van der Waals surface area contributed by atoms with Crippen LogP contribution in [0, 0.1) is 0 Å². The van der Waals surface area contributed by atoms with Crippen molar-refractivity contribution >= 4 is 11.6 Å². The second-order valence-corrected chi connectivity index (χ2v) is 6.43. The van der Waals surface area contributed by atoms with Crippen LogP contribution in [0.1, 0.15) is 56.9 Å². The number of carbonyl (C=O) groups is 1. The second-order valence-electron chi connectivity index (χ2n) is 6.43. The number of aliphatic hydroxyl groups is 1. The summed E-state index contributed by atoms with van der Waals surface area (Å²) in [7, 11) is 0. The number of hydrogen-bond acceptors (Lipinski definition) is 2. The van der Waals surface area contributed by atoms with E-state index in [-0.39, 0.29) is 12.3 Å². The van der Waals surface area contributed by atoms with Crippen LogP contribution in [0.15, 0.2) is 24.3 Å². The fourth-order valence-corrected chi connectivity index (χ4v) is 3.62. The fraction of sp³-hybridized carbons (Fsp3) is 0.588. The number of carbonyl (C=O) groups excluding carboxylic acids is 1. The monoisotopic (exact) mass is 273 g/mol. The van der Waals surface area contributed by atoms with Crippen molar-refractivity contribution in [2.24, 2.45) is 0 Å². The molecule has 1 atom stereocenters. The molecule has 1 aromatic rings. The van der Waals surface area contributed by atoms with E-state index in [0.717, 1.165) is 37.9 Å². The topological polar surface area (TPSA) is 40.5 Å². The zero-order valence-corrected chi connectivity index (χ0v) is 12.1. The van der Waals surface area contributed by atoms with Crippen LogP contribution in [0.3, 0.4) is 0 Å². The summed E-state index contributed by atoms with van der Waals surface area (Å²) in [6.07, 6.45) is 5.06. The highest BCUT2D eigenvalue weighted by Crippen LogP contribution is 2.38. The molecule has 0 aromatic heterocycles. The average molecular weight is 273 g/mol. The summed E-state index contributed by atoms with van der Waals surface area (Å²) >= 11 is 0. The molecule has 1 aliphatic carbocycles. The molecule has 1 heterocycles. The predicted octanol–water partition coefficient (Wildman–Crippen LogP) is 3.22. The van der Waals surface area contributed by atoms with Gasteiger partial charge in [0.2, 0.25) is 5.91 Å². The van der Waals surface area contributed by atoms with Gasteiger partial charge in [0.25, 0.3) is 0 Å². The van der Waals surface area contributed by atoms with Crippen molar-refractivity contribution in [1.29, 1.82) is 0 Å². The van der Waals surface area contributed by atoms with Crippen molar-refractivity contribution in [3.63, 3.8) is 0 Å². The summed E-state index contributed by atoms with van der Waals surface area (Å²) in [4.78, 5) is 14.5. The summed E-state index contributed by atoms with van der Waals surface area (Å²) in [5, 5.41) is 10.6. The van der Waals surface area contributed by atoms with Gasteiger partial charge in [-0.3, -0.25) is 4.79 Å². The van der Waals surface area contributed by atoms with Gasteiger partial charge in [0, 0.05) is 18.2 Å². The molecule has 0 radical (unpaired) electrons. The van der Waals surface area contributed by atoms with Crippen molar-refractivity contribution in [2.75, 3.05) is 11.4 Å². The largest absolute Gasteiger partial charge is 0.389 e. The van der Waals surface area contributed by atoms with Crippen LogP contribution in [-0.4, -0.2) is 23.2 Å². The normalized spacial score (nSPS) is 24.5. The van der Waals surface area contributed by atoms with Gasteiger partial charge in [-0.15, -0.1) is 0 Å². The lowest BCUT2D eigenvalue weighted by Gasteiger charge is -2.33. The van der Waals surface area contributed by atoms with Gasteiger partial charge >= 0.3 is 0 Å². The molecule has 3 heteroatoms. The highest BCUT2D eigenvalue weighted by atomic mass is 16.3. The molecular formula is C17H23NO2. The molecule has 1 unspecified atom stereocenters. The lowest BCUT2D eigenvalue weighted by atomic mass is 9.82. The Kier molecular flexibility index (Phi) is 3.55. The molecule has 3 rings (SSSR count). The minimum Gasteiger partial charge on any atom is -0.389 e. The van der Waals surface area contributed by atoms with Crippen LogP contribution in [0.25, 0.3) is 0 Å². The number of rotatable bonds is 2. The van der Waals surface area contributed by atoms with E-state index in [1.165, 1.54) is 12.0 Å². The van der Waals surface area contributed by atoms with Gasteiger partial charge < -0.3 is 10.0 Å². The Morgan fingerprint density at radius 3 is 2.75 bits per heavy atom. The Labute approximate surface area is 120 Å². The Hall–Kier alpha value is -1.35. The first kappa shape index (κ1) is 13.6. The molecule has 20 heavy (non-hydrogen) atoms. The zero-order valence-electron chi connectivity index (χ0n) is 12.1. The van der Waals surface area contributed by atoms with Crippen molar-refractivity contribution in [2.45, 2.75) is 57.0 Å². The van der Waals surface area contributed by atoms with E-state index in [2.05, 4.69) is 13.0 Å². The van der Waals surface area contributed by atoms with Crippen LogP contribution in [0.4, 0.5) is 5.69 Å². The molecule has 0 spiro atoms. The van der Waals surface area contributed by atoms with E-state index < -0.39 is 5.60 Å². The number of benzene rings is 1. The second kappa shape index (κ2) is 5.21. The quantitative estimate of drug-likeness (QED) is 0.898. The van der Waals surface area contributed by atoms with Gasteiger partial charge in [-0.1, -0.05) is 44.4 Å². The minimum absolute atomic E-state index is 0.0752. The molecule has 0 bridgehead atoms. The van der Waals surface area contributed by atoms with E-state index in [1.807, 2.05) is 23.1 Å². The molecule has 0 saturated heterocycles. The molecule has 3 nitrogen and oxygen atoms in total. The first-order chi connectivity index (χ1) is 9.59. The van der Waals surface area contributed by atoms with E-state index in [1.54, 1.807) is 0 Å². The number of nitrogens with zero attached hydrogens (tertiary/aromatic N) is 1. The fourth-order valence-electron chi connectivity index (χ4n) is 3.62. The lowest BCUT2D eigenvalue weighted by Crippen LogP contribution is -2.40. The predicted molar refractivity (Wildman–Crippen MR) is 79.9 cm³/mol. The summed E-state index contributed by atoms with van der Waals surface area (Å²) in [5.74, 6) is 0.461. The lowest BCUT2D eigenvalue weighted by molar-refractivity contribution is -0.124. The van der Waals surface area contributed by atoms with Gasteiger partial charge in [0.1, 0.15) is 0 Å². The molecule has 108 valence electrons. The van der Waals surface area contributed by atoms with Crippen LogP contribution < -0.4 is 4.90 Å². The molecule has 1 amide bonds. The third-order valence-corrected chi connectivity index (χ3v) is 4.78. The van der Waals surface area contributed by atoms with Gasteiger partial charge in [-0.05, 0) is 24.5 Å². The van der Waals surface area contributed by atoms with E-state index in [4.69, 9.17) is 0 Å².